The van der Waals surface area contributed by atoms with E-state index in [4.69, 9.17) is 30.9 Å². The molecule has 0 rings (SSSR count). The zero-order chi connectivity index (χ0) is 10.7. The summed E-state index contributed by atoms with van der Waals surface area (Å²) in [5.41, 5.74) is 0. The van der Waals surface area contributed by atoms with Crippen molar-refractivity contribution in [2.24, 2.45) is 0 Å². The van der Waals surface area contributed by atoms with Crippen molar-refractivity contribution in [3.8, 4) is 0 Å². The van der Waals surface area contributed by atoms with Gasteiger partial charge in [0.25, 0.3) is 63.2 Å². The van der Waals surface area contributed by atoms with Crippen LogP contribution in [0.2, 0.25) is 0 Å². The molecule has 0 saturated heterocycles. The SMILES string of the molecule is [O-][I+2]([O-])[O-].[O-][I+2]([O-])[O-].[O-][I+2]([O-])[O-].[Tm]. The van der Waals surface area contributed by atoms with Crippen LogP contribution in [0.4, 0.5) is 0 Å². The van der Waals surface area contributed by atoms with Gasteiger partial charge in [-0.25, -0.2) is 0 Å². The maximum atomic E-state index is 8.57. The second-order valence-corrected chi connectivity index (χ2v) is 3.80. The second-order valence-electron chi connectivity index (χ2n) is 0.567. The van der Waals surface area contributed by atoms with E-state index in [1.165, 1.54) is 0 Å². The van der Waals surface area contributed by atoms with Gasteiger partial charge in [-0.3, -0.25) is 0 Å². The van der Waals surface area contributed by atoms with Gasteiger partial charge in [-0.05, 0) is 0 Å². The first kappa shape index (κ1) is 25.0. The summed E-state index contributed by atoms with van der Waals surface area (Å²) in [5.74, 6) is 0. The van der Waals surface area contributed by atoms with Gasteiger partial charge in [-0.15, -0.1) is 0 Å². The molecule has 0 aliphatic rings. The second kappa shape index (κ2) is 20.5. The Morgan fingerprint density at radius 2 is 0.385 bits per heavy atom. The van der Waals surface area contributed by atoms with Gasteiger partial charge in [-0.1, -0.05) is 0 Å². The fourth-order valence-electron chi connectivity index (χ4n) is 0. The van der Waals surface area contributed by atoms with Gasteiger partial charge in [-0.2, -0.15) is 0 Å². The minimum atomic E-state index is -4.01. The Balaban J connectivity index is -0.0000000450. The molecule has 0 aromatic heterocycles. The molecule has 91 valence electrons. The third-order valence-corrected chi connectivity index (χ3v) is 0. The van der Waals surface area contributed by atoms with E-state index < -0.39 is 63.2 Å². The van der Waals surface area contributed by atoms with Crippen molar-refractivity contribution in [2.45, 2.75) is 0 Å². The molecule has 13 heavy (non-hydrogen) atoms. The van der Waals surface area contributed by atoms with Crippen molar-refractivity contribution in [1.29, 1.82) is 0 Å². The van der Waals surface area contributed by atoms with E-state index in [9.17, 15) is 0 Å². The normalized spacial score (nSPS) is 8.31. The van der Waals surface area contributed by atoms with Gasteiger partial charge in [0.05, 0.1) is 0 Å². The minimum absolute atomic E-state index is 0. The predicted octanol–water partition coefficient (Wildman–Crippen LogP) is -19.7. The summed E-state index contributed by atoms with van der Waals surface area (Å²) in [7, 11) is 0. The van der Waals surface area contributed by atoms with Crippen LogP contribution in [0.3, 0.4) is 0 Å². The number of hydrogen-bond donors (Lipinski definition) is 0. The maximum absolute atomic E-state index is 8.57. The molecule has 0 bridgehead atoms. The topological polar surface area (TPSA) is 208 Å². The van der Waals surface area contributed by atoms with Crippen LogP contribution in [-0.4, -0.2) is 0 Å². The number of halogens is 3. The zero-order valence-electron chi connectivity index (χ0n) is 5.09. The van der Waals surface area contributed by atoms with Gasteiger partial charge in [0.2, 0.25) is 0 Å². The van der Waals surface area contributed by atoms with E-state index in [0.29, 0.717) is 0 Å². The molecule has 0 aliphatic heterocycles. The molecule has 0 saturated carbocycles. The van der Waals surface area contributed by atoms with E-state index in [1.54, 1.807) is 0 Å². The van der Waals surface area contributed by atoms with Gasteiger partial charge in [0.1, 0.15) is 0 Å². The Kier molecular flexibility index (Phi) is 39.4. The van der Waals surface area contributed by atoms with Crippen LogP contribution >= 0.6 is 0 Å². The fourth-order valence-corrected chi connectivity index (χ4v) is 0. The van der Waals surface area contributed by atoms with Crippen LogP contribution < -0.4 is 94.1 Å². The summed E-state index contributed by atoms with van der Waals surface area (Å²) in [5, 5.41) is 0. The van der Waals surface area contributed by atoms with Crippen LogP contribution in [0.5, 0.6) is 0 Å². The first-order chi connectivity index (χ1) is 5.20. The van der Waals surface area contributed by atoms with Crippen molar-refractivity contribution in [3.63, 3.8) is 0 Å². The third kappa shape index (κ3) is 274. The van der Waals surface area contributed by atoms with Crippen LogP contribution in [-0.2, 0) is 0 Å². The van der Waals surface area contributed by atoms with Crippen LogP contribution in [0.25, 0.3) is 0 Å². The number of rotatable bonds is 0. The molecule has 0 aromatic rings. The summed E-state index contributed by atoms with van der Waals surface area (Å²) >= 11 is -12.0. The average molecular weight is 694 g/mol. The van der Waals surface area contributed by atoms with Crippen molar-refractivity contribution in [2.75, 3.05) is 0 Å². The van der Waals surface area contributed by atoms with E-state index >= 15 is 0 Å². The summed E-state index contributed by atoms with van der Waals surface area (Å²) in [6.45, 7) is 0. The average Bonchev–Trinajstić information content (AvgIpc) is 1.54. The van der Waals surface area contributed by atoms with Gasteiger partial charge >= 0.3 is 0 Å². The molecule has 0 amide bonds. The maximum Gasteiger partial charge on any atom is 0.282 e. The molecule has 0 aromatic carbocycles. The van der Waals surface area contributed by atoms with E-state index in [0.717, 1.165) is 0 Å². The summed E-state index contributed by atoms with van der Waals surface area (Å²) in [6, 6.07) is 0. The van der Waals surface area contributed by atoms with Crippen molar-refractivity contribution in [1.82, 2.24) is 0 Å². The van der Waals surface area contributed by atoms with E-state index in [-0.39, 0.29) is 36.9 Å². The Bertz CT molecular complexity index is 43.4. The Labute approximate surface area is 128 Å². The quantitative estimate of drug-likeness (QED) is 0.221. The van der Waals surface area contributed by atoms with Gasteiger partial charge < -0.3 is 30.9 Å². The summed E-state index contributed by atoms with van der Waals surface area (Å²) in [4.78, 5) is 0. The molecular formula is I3O9Tm-3. The molecule has 0 fully saturated rings. The van der Waals surface area contributed by atoms with Crippen molar-refractivity contribution in [3.05, 3.63) is 0 Å². The van der Waals surface area contributed by atoms with Crippen LogP contribution in [0, 0.1) is 36.9 Å². The minimum Gasteiger partial charge on any atom is -0.427 e. The van der Waals surface area contributed by atoms with Gasteiger partial charge in [0.15, 0.2) is 0 Å². The zero-order valence-corrected chi connectivity index (χ0v) is 13.3. The summed E-state index contributed by atoms with van der Waals surface area (Å²) < 4.78 is 77.2. The molecule has 0 atom stereocenters. The Morgan fingerprint density at radius 1 is 0.385 bits per heavy atom. The smallest absolute Gasteiger partial charge is 0.282 e. The molecular weight excluding hydrogens is 694 g/mol. The van der Waals surface area contributed by atoms with Crippen molar-refractivity contribution >= 4 is 0 Å². The Hall–Kier alpha value is 3.06. The first-order valence-corrected chi connectivity index (χ1v) is 9.32. The molecule has 13 heteroatoms. The molecule has 0 heterocycles. The standard InChI is InChI=1S/3IO3.Tm/c3*2-1(3)4;/q3*-1;. The molecule has 0 spiro atoms. The molecule has 0 unspecified atom stereocenters. The third-order valence-electron chi connectivity index (χ3n) is 0. The molecule has 0 aliphatic carbocycles. The van der Waals surface area contributed by atoms with Gasteiger partial charge in [0, 0.05) is 36.9 Å². The molecule has 1 radical (unpaired) electrons. The number of hydrogen-bond acceptors (Lipinski definition) is 9. The van der Waals surface area contributed by atoms with Crippen LogP contribution in [0.15, 0.2) is 0 Å². The van der Waals surface area contributed by atoms with Crippen molar-refractivity contribution < 1.29 is 131 Å². The first-order valence-electron chi connectivity index (χ1n) is 1.39. The molecule has 0 N–H and O–H groups in total. The fraction of sp³-hybridized carbons (Fsp3) is 0. The Morgan fingerprint density at radius 3 is 0.385 bits per heavy atom. The van der Waals surface area contributed by atoms with E-state index in [2.05, 4.69) is 0 Å². The largest absolute Gasteiger partial charge is 0.427 e. The summed E-state index contributed by atoms with van der Waals surface area (Å²) in [6.07, 6.45) is 0. The van der Waals surface area contributed by atoms with Crippen LogP contribution in [0.1, 0.15) is 0 Å². The van der Waals surface area contributed by atoms with E-state index in [1.807, 2.05) is 0 Å². The monoisotopic (exact) mass is 694 g/mol. The predicted molar refractivity (Wildman–Crippen MR) is 0 cm³/mol. The molecule has 9 nitrogen and oxygen atoms in total.